The summed E-state index contributed by atoms with van der Waals surface area (Å²) in [6, 6.07) is 12.9. The van der Waals surface area contributed by atoms with Crippen LogP contribution in [0, 0.1) is 0 Å². The van der Waals surface area contributed by atoms with Gasteiger partial charge in [0.2, 0.25) is 5.91 Å². The molecule has 0 aliphatic heterocycles. The molecule has 0 aliphatic carbocycles. The Balaban J connectivity index is 1.73. The second kappa shape index (κ2) is 9.06. The molecule has 0 fully saturated rings. The van der Waals surface area contributed by atoms with Gasteiger partial charge in [-0.15, -0.1) is 11.8 Å². The molecule has 0 radical (unpaired) electrons. The highest BCUT2D eigenvalue weighted by Crippen LogP contribution is 2.26. The van der Waals surface area contributed by atoms with E-state index in [0.717, 1.165) is 22.8 Å². The maximum Gasteiger partial charge on any atom is 0.224 e. The number of amides is 1. The molecule has 0 saturated heterocycles. The van der Waals surface area contributed by atoms with Crippen LogP contribution in [0.3, 0.4) is 0 Å². The number of rotatable bonds is 7. The first kappa shape index (κ1) is 18.0. The molecule has 0 aliphatic rings. The van der Waals surface area contributed by atoms with E-state index in [9.17, 15) is 4.79 Å². The van der Waals surface area contributed by atoms with Crippen LogP contribution in [0.2, 0.25) is 10.0 Å². The summed E-state index contributed by atoms with van der Waals surface area (Å²) in [5.74, 6) is 1.64. The Labute approximate surface area is 150 Å². The zero-order valence-corrected chi connectivity index (χ0v) is 15.0. The van der Waals surface area contributed by atoms with E-state index in [1.54, 1.807) is 37.1 Å². The highest BCUT2D eigenvalue weighted by atomic mass is 35.5. The number of nitrogens with one attached hydrogen (secondary N) is 1. The van der Waals surface area contributed by atoms with Crippen molar-refractivity contribution in [3.8, 4) is 5.75 Å². The monoisotopic (exact) mass is 369 g/mol. The standard InChI is InChI=1S/C17H17Cl2NO2S/c1-22-13-5-7-14(8-6-13)23-10-2-3-17(21)20-16-11-12(18)4-9-15(16)19/h4-9,11H,2-3,10H2,1H3,(H,20,21). The fourth-order valence-corrected chi connectivity index (χ4v) is 3.09. The van der Waals surface area contributed by atoms with Crippen LogP contribution in [0.4, 0.5) is 5.69 Å². The number of carbonyl (C=O) groups excluding carboxylic acids is 1. The first-order chi connectivity index (χ1) is 11.1. The number of anilines is 1. The van der Waals surface area contributed by atoms with Crippen LogP contribution >= 0.6 is 35.0 Å². The van der Waals surface area contributed by atoms with Gasteiger partial charge in [-0.1, -0.05) is 23.2 Å². The molecular weight excluding hydrogens is 353 g/mol. The summed E-state index contributed by atoms with van der Waals surface area (Å²) in [6.45, 7) is 0. The van der Waals surface area contributed by atoms with E-state index in [1.165, 1.54) is 0 Å². The van der Waals surface area contributed by atoms with Crippen molar-refractivity contribution in [1.82, 2.24) is 0 Å². The maximum absolute atomic E-state index is 11.9. The van der Waals surface area contributed by atoms with Gasteiger partial charge in [-0.3, -0.25) is 4.79 Å². The van der Waals surface area contributed by atoms with Gasteiger partial charge in [-0.2, -0.15) is 0 Å². The Morgan fingerprint density at radius 2 is 1.91 bits per heavy atom. The predicted molar refractivity (Wildman–Crippen MR) is 98.0 cm³/mol. The minimum absolute atomic E-state index is 0.0653. The highest BCUT2D eigenvalue weighted by molar-refractivity contribution is 7.99. The van der Waals surface area contributed by atoms with Crippen molar-refractivity contribution in [3.63, 3.8) is 0 Å². The highest BCUT2D eigenvalue weighted by Gasteiger charge is 2.06. The van der Waals surface area contributed by atoms with Crippen molar-refractivity contribution in [3.05, 3.63) is 52.5 Å². The lowest BCUT2D eigenvalue weighted by molar-refractivity contribution is -0.116. The summed E-state index contributed by atoms with van der Waals surface area (Å²) < 4.78 is 5.12. The number of hydrogen-bond acceptors (Lipinski definition) is 3. The molecule has 1 N–H and O–H groups in total. The lowest BCUT2D eigenvalue weighted by Crippen LogP contribution is -2.11. The smallest absolute Gasteiger partial charge is 0.224 e. The van der Waals surface area contributed by atoms with E-state index in [-0.39, 0.29) is 5.91 Å². The Morgan fingerprint density at radius 1 is 1.17 bits per heavy atom. The fourth-order valence-electron chi connectivity index (χ4n) is 1.90. The van der Waals surface area contributed by atoms with Gasteiger partial charge in [-0.05, 0) is 54.6 Å². The molecule has 0 unspecified atom stereocenters. The second-order valence-corrected chi connectivity index (χ2v) is 6.81. The number of ether oxygens (including phenoxy) is 1. The molecule has 2 aromatic rings. The van der Waals surface area contributed by atoms with Gasteiger partial charge >= 0.3 is 0 Å². The number of halogens is 2. The minimum Gasteiger partial charge on any atom is -0.497 e. The van der Waals surface area contributed by atoms with Crippen molar-refractivity contribution in [2.45, 2.75) is 17.7 Å². The molecule has 6 heteroatoms. The van der Waals surface area contributed by atoms with E-state index < -0.39 is 0 Å². The molecule has 2 aromatic carbocycles. The molecule has 0 bridgehead atoms. The van der Waals surface area contributed by atoms with E-state index in [2.05, 4.69) is 5.32 Å². The van der Waals surface area contributed by atoms with E-state index >= 15 is 0 Å². The summed E-state index contributed by atoms with van der Waals surface area (Å²) in [6.07, 6.45) is 1.21. The molecule has 0 saturated carbocycles. The molecule has 0 atom stereocenters. The third kappa shape index (κ3) is 5.98. The van der Waals surface area contributed by atoms with Crippen molar-refractivity contribution < 1.29 is 9.53 Å². The number of methoxy groups -OCH3 is 1. The van der Waals surface area contributed by atoms with Crippen molar-refractivity contribution in [2.75, 3.05) is 18.2 Å². The van der Waals surface area contributed by atoms with Crippen molar-refractivity contribution in [2.24, 2.45) is 0 Å². The Hall–Kier alpha value is -1.36. The summed E-state index contributed by atoms with van der Waals surface area (Å²) in [7, 11) is 1.65. The molecule has 3 nitrogen and oxygen atoms in total. The van der Waals surface area contributed by atoms with Crippen LogP contribution in [0.5, 0.6) is 5.75 Å². The first-order valence-electron chi connectivity index (χ1n) is 7.10. The normalized spacial score (nSPS) is 10.4. The maximum atomic E-state index is 11.9. The lowest BCUT2D eigenvalue weighted by atomic mass is 10.3. The van der Waals surface area contributed by atoms with Gasteiger partial charge in [0.05, 0.1) is 17.8 Å². The molecule has 2 rings (SSSR count). The first-order valence-corrected chi connectivity index (χ1v) is 8.84. The van der Waals surface area contributed by atoms with Crippen molar-refractivity contribution in [1.29, 1.82) is 0 Å². The van der Waals surface area contributed by atoms with E-state index in [1.807, 2.05) is 24.3 Å². The molecule has 23 heavy (non-hydrogen) atoms. The van der Waals surface area contributed by atoms with Gasteiger partial charge in [0, 0.05) is 16.3 Å². The number of benzene rings is 2. The fraction of sp³-hybridized carbons (Fsp3) is 0.235. The topological polar surface area (TPSA) is 38.3 Å². The third-order valence-corrected chi connectivity index (χ3v) is 4.74. The number of carbonyl (C=O) groups is 1. The van der Waals surface area contributed by atoms with Crippen LogP contribution in [0.1, 0.15) is 12.8 Å². The molecule has 0 heterocycles. The number of thioether (sulfide) groups is 1. The Morgan fingerprint density at radius 3 is 2.61 bits per heavy atom. The predicted octanol–water partition coefficient (Wildman–Crippen LogP) is 5.51. The zero-order chi connectivity index (χ0) is 16.7. The van der Waals surface area contributed by atoms with Crippen LogP contribution in [0.15, 0.2) is 47.4 Å². The van der Waals surface area contributed by atoms with Gasteiger partial charge in [0.1, 0.15) is 5.75 Å². The van der Waals surface area contributed by atoms with Gasteiger partial charge in [0.15, 0.2) is 0 Å². The van der Waals surface area contributed by atoms with Gasteiger partial charge in [0.25, 0.3) is 0 Å². The van der Waals surface area contributed by atoms with E-state index in [0.29, 0.717) is 22.2 Å². The van der Waals surface area contributed by atoms with E-state index in [4.69, 9.17) is 27.9 Å². The van der Waals surface area contributed by atoms with Gasteiger partial charge in [-0.25, -0.2) is 0 Å². The van der Waals surface area contributed by atoms with Crippen LogP contribution in [-0.4, -0.2) is 18.8 Å². The Bertz CT molecular complexity index is 662. The molecule has 1 amide bonds. The van der Waals surface area contributed by atoms with Gasteiger partial charge < -0.3 is 10.1 Å². The average Bonchev–Trinajstić information content (AvgIpc) is 2.55. The SMILES string of the molecule is COc1ccc(SCCCC(=O)Nc2cc(Cl)ccc2Cl)cc1. The average molecular weight is 370 g/mol. The molecule has 122 valence electrons. The zero-order valence-electron chi connectivity index (χ0n) is 12.6. The molecule has 0 aromatic heterocycles. The molecular formula is C17H17Cl2NO2S. The summed E-state index contributed by atoms with van der Waals surface area (Å²) in [5.41, 5.74) is 0.548. The molecule has 0 spiro atoms. The summed E-state index contributed by atoms with van der Waals surface area (Å²) >= 11 is 13.6. The second-order valence-electron chi connectivity index (χ2n) is 4.80. The number of hydrogen-bond donors (Lipinski definition) is 1. The van der Waals surface area contributed by atoms with Crippen LogP contribution < -0.4 is 10.1 Å². The third-order valence-electron chi connectivity index (χ3n) is 3.08. The minimum atomic E-state index is -0.0653. The largest absolute Gasteiger partial charge is 0.497 e. The van der Waals surface area contributed by atoms with Crippen molar-refractivity contribution >= 4 is 46.6 Å². The quantitative estimate of drug-likeness (QED) is 0.516. The summed E-state index contributed by atoms with van der Waals surface area (Å²) in [5, 5.41) is 3.81. The van der Waals surface area contributed by atoms with Crippen LogP contribution in [-0.2, 0) is 4.79 Å². The summed E-state index contributed by atoms with van der Waals surface area (Å²) in [4.78, 5) is 13.1. The lowest BCUT2D eigenvalue weighted by Gasteiger charge is -2.08. The van der Waals surface area contributed by atoms with Crippen LogP contribution in [0.25, 0.3) is 0 Å². The Kier molecular flexibility index (Phi) is 7.09.